The van der Waals surface area contributed by atoms with Gasteiger partial charge in [-0.1, -0.05) is 0 Å². The molecule has 0 aliphatic carbocycles. The lowest BCUT2D eigenvalue weighted by Crippen LogP contribution is -2.44. The third-order valence-electron chi connectivity index (χ3n) is 5.14. The first-order chi connectivity index (χ1) is 11.4. The number of ether oxygens (including phenoxy) is 2. The summed E-state index contributed by atoms with van der Waals surface area (Å²) in [4.78, 5) is 15.5. The molecule has 2 aliphatic rings. The van der Waals surface area contributed by atoms with Crippen molar-refractivity contribution < 1.29 is 18.5 Å². The largest absolute Gasteiger partial charge is 0.479 e. The van der Waals surface area contributed by atoms with Crippen LogP contribution in [0.2, 0.25) is 0 Å². The molecule has 5 atom stereocenters. The van der Waals surface area contributed by atoms with Crippen LogP contribution < -0.4 is 4.74 Å². The number of carbonyl (C=O) groups excluding carboxylic acids is 1. The highest BCUT2D eigenvalue weighted by Crippen LogP contribution is 2.35. The first-order valence-electron chi connectivity index (χ1n) is 8.46. The third kappa shape index (κ3) is 3.81. The van der Waals surface area contributed by atoms with Gasteiger partial charge in [-0.3, -0.25) is 4.21 Å². The van der Waals surface area contributed by atoms with Gasteiger partial charge in [0.1, 0.15) is 11.9 Å². The molecule has 1 aromatic rings. The van der Waals surface area contributed by atoms with E-state index < -0.39 is 16.9 Å². The number of benzene rings is 1. The van der Waals surface area contributed by atoms with Crippen LogP contribution in [0.25, 0.3) is 0 Å². The molecule has 2 saturated heterocycles. The maximum atomic E-state index is 12.3. The van der Waals surface area contributed by atoms with Crippen molar-refractivity contribution in [1.29, 1.82) is 0 Å². The van der Waals surface area contributed by atoms with E-state index in [0.29, 0.717) is 17.8 Å². The summed E-state index contributed by atoms with van der Waals surface area (Å²) >= 11 is 0. The maximum absolute atomic E-state index is 12.3. The molecule has 2 aliphatic heterocycles. The fourth-order valence-corrected chi connectivity index (χ4v) is 4.20. The van der Waals surface area contributed by atoms with E-state index >= 15 is 0 Å². The van der Waals surface area contributed by atoms with E-state index in [4.69, 9.17) is 9.47 Å². The van der Waals surface area contributed by atoms with Crippen molar-refractivity contribution in [2.24, 2.45) is 0 Å². The Morgan fingerprint density at radius 1 is 1.21 bits per heavy atom. The second-order valence-electron chi connectivity index (χ2n) is 6.77. The first kappa shape index (κ1) is 17.4. The predicted molar refractivity (Wildman–Crippen MR) is 92.6 cm³/mol. The van der Waals surface area contributed by atoms with Gasteiger partial charge in [0, 0.05) is 34.0 Å². The summed E-state index contributed by atoms with van der Waals surface area (Å²) in [6.07, 6.45) is 5.22. The number of rotatable bonds is 5. The Kier molecular flexibility index (Phi) is 5.25. The molecule has 0 spiro atoms. The van der Waals surface area contributed by atoms with Gasteiger partial charge in [-0.05, 0) is 63.9 Å². The van der Waals surface area contributed by atoms with Crippen molar-refractivity contribution in [2.45, 2.75) is 61.8 Å². The fourth-order valence-electron chi connectivity index (χ4n) is 3.68. The Labute approximate surface area is 145 Å². The summed E-state index contributed by atoms with van der Waals surface area (Å²) < 4.78 is 22.7. The van der Waals surface area contributed by atoms with Gasteiger partial charge in [-0.25, -0.2) is 4.79 Å². The second kappa shape index (κ2) is 7.23. The molecule has 0 radical (unpaired) electrons. The average Bonchev–Trinajstić information content (AvgIpc) is 2.76. The number of fused-ring (bicyclic) bond motifs is 2. The van der Waals surface area contributed by atoms with Crippen molar-refractivity contribution in [3.63, 3.8) is 0 Å². The molecule has 3 rings (SSSR count). The molecule has 0 amide bonds. The number of carbonyl (C=O) groups is 1. The van der Waals surface area contributed by atoms with Crippen LogP contribution in [0.1, 0.15) is 32.6 Å². The molecule has 5 nitrogen and oxygen atoms in total. The minimum atomic E-state index is -1.02. The minimum Gasteiger partial charge on any atom is -0.479 e. The number of hydrogen-bond acceptors (Lipinski definition) is 5. The van der Waals surface area contributed by atoms with Crippen LogP contribution in [0.5, 0.6) is 5.75 Å². The number of piperidine rings is 1. The molecular weight excluding hydrogens is 326 g/mol. The zero-order valence-electron chi connectivity index (χ0n) is 14.4. The van der Waals surface area contributed by atoms with Crippen LogP contribution in [0.3, 0.4) is 0 Å². The van der Waals surface area contributed by atoms with Gasteiger partial charge in [0.05, 0.1) is 0 Å². The molecule has 24 heavy (non-hydrogen) atoms. The van der Waals surface area contributed by atoms with E-state index in [0.717, 1.165) is 17.7 Å². The van der Waals surface area contributed by atoms with Crippen LogP contribution in [0.15, 0.2) is 29.2 Å². The lowest BCUT2D eigenvalue weighted by molar-refractivity contribution is -0.159. The summed E-state index contributed by atoms with van der Waals surface area (Å²) in [7, 11) is 1.15. The van der Waals surface area contributed by atoms with E-state index in [2.05, 4.69) is 11.9 Å². The van der Waals surface area contributed by atoms with Crippen molar-refractivity contribution in [3.05, 3.63) is 24.3 Å². The van der Waals surface area contributed by atoms with Gasteiger partial charge in [-0.2, -0.15) is 0 Å². The Morgan fingerprint density at radius 3 is 2.33 bits per heavy atom. The molecule has 3 unspecified atom stereocenters. The first-order valence-corrected chi connectivity index (χ1v) is 10.0. The Bertz CT molecular complexity index is 604. The van der Waals surface area contributed by atoms with Crippen LogP contribution >= 0.6 is 0 Å². The maximum Gasteiger partial charge on any atom is 0.347 e. The molecule has 6 heteroatoms. The topological polar surface area (TPSA) is 55.8 Å². The van der Waals surface area contributed by atoms with E-state index in [-0.39, 0.29) is 12.1 Å². The molecule has 0 aromatic heterocycles. The number of nitrogens with zero attached hydrogens (tertiary/aromatic N) is 1. The number of esters is 1. The summed E-state index contributed by atoms with van der Waals surface area (Å²) in [6, 6.07) is 8.05. The van der Waals surface area contributed by atoms with Gasteiger partial charge in [0.25, 0.3) is 0 Å². The SMILES string of the molecule is CC(Oc1ccc(S(C)=O)cc1)C(=O)OC1C[C@H]2CC[C@@H](C1)N2C. The lowest BCUT2D eigenvalue weighted by atomic mass is 10.0. The minimum absolute atomic E-state index is 0.00198. The van der Waals surface area contributed by atoms with Crippen LogP contribution in [-0.4, -0.2) is 52.7 Å². The number of hydrogen-bond donors (Lipinski definition) is 0. The van der Waals surface area contributed by atoms with Gasteiger partial charge < -0.3 is 14.4 Å². The highest BCUT2D eigenvalue weighted by molar-refractivity contribution is 7.84. The monoisotopic (exact) mass is 351 g/mol. The van der Waals surface area contributed by atoms with Gasteiger partial charge in [-0.15, -0.1) is 0 Å². The third-order valence-corrected chi connectivity index (χ3v) is 6.07. The molecule has 0 N–H and O–H groups in total. The quantitative estimate of drug-likeness (QED) is 0.762. The van der Waals surface area contributed by atoms with E-state index in [1.54, 1.807) is 37.4 Å². The molecule has 132 valence electrons. The van der Waals surface area contributed by atoms with E-state index in [1.807, 2.05) is 0 Å². The standard InChI is InChI=1S/C18H25NO4S/c1-12(22-15-6-8-17(9-7-15)24(3)21)18(20)23-16-10-13-4-5-14(11-16)19(13)2/h6-9,12-14,16H,4-5,10-11H2,1-3H3/t12?,13-,14+,16?,24?. The lowest BCUT2D eigenvalue weighted by Gasteiger charge is -2.36. The summed E-state index contributed by atoms with van der Waals surface area (Å²) in [6.45, 7) is 1.71. The molecule has 2 fully saturated rings. The van der Waals surface area contributed by atoms with Crippen molar-refractivity contribution in [2.75, 3.05) is 13.3 Å². The Morgan fingerprint density at radius 2 is 1.79 bits per heavy atom. The zero-order chi connectivity index (χ0) is 17.3. The molecule has 2 bridgehead atoms. The Balaban J connectivity index is 1.52. The van der Waals surface area contributed by atoms with Crippen molar-refractivity contribution in [1.82, 2.24) is 4.90 Å². The van der Waals surface area contributed by atoms with Crippen LogP contribution in [0.4, 0.5) is 0 Å². The normalized spacial score (nSPS) is 29.0. The summed E-state index contributed by atoms with van der Waals surface area (Å²) in [5.74, 6) is 0.268. The van der Waals surface area contributed by atoms with Gasteiger partial charge in [0.15, 0.2) is 6.10 Å². The van der Waals surface area contributed by atoms with E-state index in [1.165, 1.54) is 12.8 Å². The van der Waals surface area contributed by atoms with Crippen LogP contribution in [-0.2, 0) is 20.3 Å². The van der Waals surface area contributed by atoms with Gasteiger partial charge >= 0.3 is 5.97 Å². The Hall–Kier alpha value is -1.40. The summed E-state index contributed by atoms with van der Waals surface area (Å²) in [5, 5.41) is 0. The van der Waals surface area contributed by atoms with Crippen molar-refractivity contribution in [3.8, 4) is 5.75 Å². The molecule has 1 aromatic carbocycles. The average molecular weight is 351 g/mol. The zero-order valence-corrected chi connectivity index (χ0v) is 15.3. The molecule has 0 saturated carbocycles. The van der Waals surface area contributed by atoms with E-state index in [9.17, 15) is 9.00 Å². The highest BCUT2D eigenvalue weighted by Gasteiger charge is 2.40. The smallest absolute Gasteiger partial charge is 0.347 e. The predicted octanol–water partition coefficient (Wildman–Crippen LogP) is 2.36. The van der Waals surface area contributed by atoms with Crippen molar-refractivity contribution >= 4 is 16.8 Å². The fraction of sp³-hybridized carbons (Fsp3) is 0.611. The van der Waals surface area contributed by atoms with Crippen LogP contribution in [0, 0.1) is 0 Å². The summed E-state index contributed by atoms with van der Waals surface area (Å²) in [5.41, 5.74) is 0. The molecular formula is C18H25NO4S. The molecule has 2 heterocycles. The second-order valence-corrected chi connectivity index (χ2v) is 8.15. The van der Waals surface area contributed by atoms with Gasteiger partial charge in [0.2, 0.25) is 0 Å². The highest BCUT2D eigenvalue weighted by atomic mass is 32.2.